The first-order valence-corrected chi connectivity index (χ1v) is 7.48. The van der Waals surface area contributed by atoms with Gasteiger partial charge in [0.05, 0.1) is 18.2 Å². The Morgan fingerprint density at radius 1 is 1.17 bits per heavy atom. The number of nitrogens with one attached hydrogen (secondary N) is 2. The molecule has 0 bridgehead atoms. The maximum Gasteiger partial charge on any atom is 0.319 e. The molecule has 24 heavy (non-hydrogen) atoms. The lowest BCUT2D eigenvalue weighted by atomic mass is 10.3. The molecule has 2 N–H and O–H groups in total. The molecule has 0 fully saturated rings. The van der Waals surface area contributed by atoms with E-state index >= 15 is 0 Å². The standard InChI is InChI=1S/C18H17N3O3/c22-18(20-11-14-7-9-23-12-14)21-15-5-3-6-17(10-15)24-13-16-4-1-2-8-19-16/h1-10,12H,11,13H2,(H2,20,21,22). The highest BCUT2D eigenvalue weighted by molar-refractivity contribution is 5.89. The highest BCUT2D eigenvalue weighted by Gasteiger charge is 2.04. The fourth-order valence-electron chi connectivity index (χ4n) is 2.06. The van der Waals surface area contributed by atoms with Crippen LogP contribution in [-0.4, -0.2) is 11.0 Å². The molecule has 122 valence electrons. The molecular formula is C18H17N3O3. The third kappa shape index (κ3) is 4.61. The molecule has 2 aromatic heterocycles. The second-order valence-corrected chi connectivity index (χ2v) is 5.08. The molecule has 1 aromatic carbocycles. The van der Waals surface area contributed by atoms with Gasteiger partial charge in [0.2, 0.25) is 0 Å². The summed E-state index contributed by atoms with van der Waals surface area (Å²) in [7, 11) is 0. The second kappa shape index (κ2) is 7.82. The smallest absolute Gasteiger partial charge is 0.319 e. The van der Waals surface area contributed by atoms with Crippen LogP contribution in [0.3, 0.4) is 0 Å². The summed E-state index contributed by atoms with van der Waals surface area (Å²) in [5.74, 6) is 0.660. The number of pyridine rings is 1. The fraction of sp³-hybridized carbons (Fsp3) is 0.111. The molecule has 0 aliphatic rings. The van der Waals surface area contributed by atoms with Gasteiger partial charge in [-0.25, -0.2) is 4.79 Å². The monoisotopic (exact) mass is 323 g/mol. The van der Waals surface area contributed by atoms with Crippen molar-refractivity contribution in [3.05, 3.63) is 78.5 Å². The average molecular weight is 323 g/mol. The number of hydrogen-bond donors (Lipinski definition) is 2. The minimum absolute atomic E-state index is 0.293. The van der Waals surface area contributed by atoms with Crippen LogP contribution in [0.1, 0.15) is 11.3 Å². The van der Waals surface area contributed by atoms with Gasteiger partial charge in [-0.3, -0.25) is 4.98 Å². The number of ether oxygens (including phenoxy) is 1. The summed E-state index contributed by atoms with van der Waals surface area (Å²) in [5.41, 5.74) is 2.39. The van der Waals surface area contributed by atoms with Gasteiger partial charge >= 0.3 is 6.03 Å². The zero-order chi connectivity index (χ0) is 16.6. The zero-order valence-electron chi connectivity index (χ0n) is 12.9. The van der Waals surface area contributed by atoms with Gasteiger partial charge in [-0.15, -0.1) is 0 Å². The number of furan rings is 1. The van der Waals surface area contributed by atoms with Gasteiger partial charge in [-0.2, -0.15) is 0 Å². The lowest BCUT2D eigenvalue weighted by Crippen LogP contribution is -2.27. The highest BCUT2D eigenvalue weighted by Crippen LogP contribution is 2.18. The van der Waals surface area contributed by atoms with Crippen molar-refractivity contribution < 1.29 is 13.9 Å². The van der Waals surface area contributed by atoms with Crippen molar-refractivity contribution in [2.24, 2.45) is 0 Å². The Hall–Kier alpha value is -3.28. The van der Waals surface area contributed by atoms with Crippen molar-refractivity contribution >= 4 is 11.7 Å². The van der Waals surface area contributed by atoms with Gasteiger partial charge in [0.15, 0.2) is 0 Å². The van der Waals surface area contributed by atoms with Crippen LogP contribution in [0.25, 0.3) is 0 Å². The van der Waals surface area contributed by atoms with Gasteiger partial charge < -0.3 is 19.8 Å². The minimum atomic E-state index is -0.293. The highest BCUT2D eigenvalue weighted by atomic mass is 16.5. The predicted octanol–water partition coefficient (Wildman–Crippen LogP) is 3.58. The SMILES string of the molecule is O=C(NCc1ccoc1)Nc1cccc(OCc2ccccn2)c1. The molecule has 0 aliphatic heterocycles. The van der Waals surface area contributed by atoms with Gasteiger partial charge in [0.1, 0.15) is 12.4 Å². The number of carbonyl (C=O) groups excluding carboxylic acids is 1. The molecule has 0 unspecified atom stereocenters. The third-order valence-corrected chi connectivity index (χ3v) is 3.24. The van der Waals surface area contributed by atoms with E-state index in [1.54, 1.807) is 36.9 Å². The van der Waals surface area contributed by atoms with Gasteiger partial charge in [-0.05, 0) is 30.3 Å². The van der Waals surface area contributed by atoms with Crippen LogP contribution in [-0.2, 0) is 13.2 Å². The first-order valence-electron chi connectivity index (χ1n) is 7.48. The lowest BCUT2D eigenvalue weighted by Gasteiger charge is -2.09. The van der Waals surface area contributed by atoms with Crippen LogP contribution in [0.4, 0.5) is 10.5 Å². The van der Waals surface area contributed by atoms with E-state index in [2.05, 4.69) is 15.6 Å². The summed E-state index contributed by atoms with van der Waals surface area (Å²) in [6, 6.07) is 14.4. The first-order chi connectivity index (χ1) is 11.8. The third-order valence-electron chi connectivity index (χ3n) is 3.24. The minimum Gasteiger partial charge on any atom is -0.487 e. The quantitative estimate of drug-likeness (QED) is 0.727. The summed E-state index contributed by atoms with van der Waals surface area (Å²) in [6.45, 7) is 0.773. The van der Waals surface area contributed by atoms with Crippen LogP contribution in [0.15, 0.2) is 71.7 Å². The number of benzene rings is 1. The molecule has 2 heterocycles. The van der Waals surface area contributed by atoms with Crippen molar-refractivity contribution in [3.8, 4) is 5.75 Å². The van der Waals surface area contributed by atoms with Gasteiger partial charge in [-0.1, -0.05) is 12.1 Å². The van der Waals surface area contributed by atoms with Crippen LogP contribution >= 0.6 is 0 Å². The summed E-state index contributed by atoms with van der Waals surface area (Å²) in [5, 5.41) is 5.52. The van der Waals surface area contributed by atoms with E-state index in [1.165, 1.54) is 0 Å². The van der Waals surface area contributed by atoms with Crippen molar-refractivity contribution in [2.75, 3.05) is 5.32 Å². The van der Waals surface area contributed by atoms with E-state index in [-0.39, 0.29) is 6.03 Å². The number of rotatable bonds is 6. The number of amides is 2. The number of anilines is 1. The van der Waals surface area contributed by atoms with E-state index < -0.39 is 0 Å². The molecule has 0 aliphatic carbocycles. The number of hydrogen-bond acceptors (Lipinski definition) is 4. The Labute approximate surface area is 139 Å². The molecule has 2 amide bonds. The number of nitrogens with zero attached hydrogens (tertiary/aromatic N) is 1. The molecule has 0 radical (unpaired) electrons. The molecule has 0 spiro atoms. The molecule has 0 saturated carbocycles. The van der Waals surface area contributed by atoms with E-state index in [0.717, 1.165) is 11.3 Å². The van der Waals surface area contributed by atoms with Crippen LogP contribution in [0.2, 0.25) is 0 Å². The van der Waals surface area contributed by atoms with Gasteiger partial charge in [0, 0.05) is 30.1 Å². The van der Waals surface area contributed by atoms with Crippen molar-refractivity contribution in [1.82, 2.24) is 10.3 Å². The molecule has 3 rings (SSSR count). The number of aromatic nitrogens is 1. The molecule has 0 saturated heterocycles. The fourth-order valence-corrected chi connectivity index (χ4v) is 2.06. The topological polar surface area (TPSA) is 76.4 Å². The first kappa shape index (κ1) is 15.6. The van der Waals surface area contributed by atoms with Crippen LogP contribution in [0, 0.1) is 0 Å². The number of urea groups is 1. The van der Waals surface area contributed by atoms with Gasteiger partial charge in [0.25, 0.3) is 0 Å². The Bertz CT molecular complexity index is 773. The summed E-state index contributed by atoms with van der Waals surface area (Å²) >= 11 is 0. The van der Waals surface area contributed by atoms with E-state index in [1.807, 2.05) is 30.3 Å². The molecular weight excluding hydrogens is 306 g/mol. The van der Waals surface area contributed by atoms with Crippen molar-refractivity contribution in [2.45, 2.75) is 13.2 Å². The lowest BCUT2D eigenvalue weighted by molar-refractivity contribution is 0.251. The summed E-state index contributed by atoms with van der Waals surface area (Å²) in [4.78, 5) is 16.1. The Balaban J connectivity index is 1.51. The Morgan fingerprint density at radius 3 is 2.92 bits per heavy atom. The average Bonchev–Trinajstić information content (AvgIpc) is 3.13. The molecule has 3 aromatic rings. The zero-order valence-corrected chi connectivity index (χ0v) is 12.9. The number of carbonyl (C=O) groups is 1. The Morgan fingerprint density at radius 2 is 2.12 bits per heavy atom. The van der Waals surface area contributed by atoms with E-state index in [4.69, 9.17) is 9.15 Å². The largest absolute Gasteiger partial charge is 0.487 e. The summed E-state index contributed by atoms with van der Waals surface area (Å²) < 4.78 is 10.6. The predicted molar refractivity (Wildman–Crippen MR) is 89.6 cm³/mol. The molecule has 6 heteroatoms. The maximum atomic E-state index is 11.9. The Kier molecular flexibility index (Phi) is 5.09. The molecule has 6 nitrogen and oxygen atoms in total. The second-order valence-electron chi connectivity index (χ2n) is 5.08. The van der Waals surface area contributed by atoms with E-state index in [9.17, 15) is 4.79 Å². The normalized spacial score (nSPS) is 10.2. The van der Waals surface area contributed by atoms with E-state index in [0.29, 0.717) is 24.6 Å². The van der Waals surface area contributed by atoms with Crippen LogP contribution in [0.5, 0.6) is 5.75 Å². The maximum absolute atomic E-state index is 11.9. The summed E-state index contributed by atoms with van der Waals surface area (Å²) in [6.07, 6.45) is 4.88. The van der Waals surface area contributed by atoms with Crippen LogP contribution < -0.4 is 15.4 Å². The van der Waals surface area contributed by atoms with Crippen molar-refractivity contribution in [1.29, 1.82) is 0 Å². The van der Waals surface area contributed by atoms with Crippen molar-refractivity contribution in [3.63, 3.8) is 0 Å². The molecule has 0 atom stereocenters.